The molecular weight excluding hydrogens is 565 g/mol. The molecule has 3 heterocycles. The Hall–Kier alpha value is -4.39. The predicted molar refractivity (Wildman–Crippen MR) is 153 cm³/mol. The highest BCUT2D eigenvalue weighted by atomic mass is 19.4. The van der Waals surface area contributed by atoms with E-state index >= 15 is 0 Å². The third kappa shape index (κ3) is 6.36. The smallest absolute Gasteiger partial charge is 0.429 e. The van der Waals surface area contributed by atoms with Crippen molar-refractivity contribution < 1.29 is 32.6 Å². The van der Waals surface area contributed by atoms with Crippen LogP contribution in [0.25, 0.3) is 11.1 Å². The minimum atomic E-state index is -4.76. The fraction of sp³-hybridized carbons (Fsp3) is 0.400. The molecule has 0 aliphatic carbocycles. The summed E-state index contributed by atoms with van der Waals surface area (Å²) in [5.41, 5.74) is 12.5. The number of nitrogens with two attached hydrogens (primary N) is 2. The van der Waals surface area contributed by atoms with Gasteiger partial charge in [0.15, 0.2) is 0 Å². The maximum Gasteiger partial charge on any atom is 0.429 e. The van der Waals surface area contributed by atoms with Crippen LogP contribution < -0.4 is 26.4 Å². The van der Waals surface area contributed by atoms with Crippen molar-refractivity contribution in [1.29, 1.82) is 0 Å². The van der Waals surface area contributed by atoms with Crippen LogP contribution in [0.3, 0.4) is 0 Å². The molecule has 6 N–H and O–H groups in total. The first-order valence-electron chi connectivity index (χ1n) is 14.0. The van der Waals surface area contributed by atoms with Gasteiger partial charge < -0.3 is 31.5 Å². The number of piperidine rings is 1. The molecule has 1 aromatic heterocycles. The molecule has 5 rings (SSSR count). The van der Waals surface area contributed by atoms with E-state index in [9.17, 15) is 27.9 Å². The summed E-state index contributed by atoms with van der Waals surface area (Å²) in [6.07, 6.45) is -4.35. The van der Waals surface area contributed by atoms with Gasteiger partial charge in [0.1, 0.15) is 11.9 Å². The van der Waals surface area contributed by atoms with E-state index in [1.807, 2.05) is 11.8 Å². The molecule has 43 heavy (non-hydrogen) atoms. The van der Waals surface area contributed by atoms with Gasteiger partial charge in [-0.25, -0.2) is 0 Å². The zero-order valence-corrected chi connectivity index (χ0v) is 23.5. The lowest BCUT2D eigenvalue weighted by Gasteiger charge is -2.43. The van der Waals surface area contributed by atoms with Gasteiger partial charge in [-0.1, -0.05) is 43.3 Å². The monoisotopic (exact) mass is 598 g/mol. The van der Waals surface area contributed by atoms with E-state index in [1.165, 1.54) is 30.3 Å². The number of halogens is 3. The zero-order valence-electron chi connectivity index (χ0n) is 23.5. The first kappa shape index (κ1) is 30.1. The minimum absolute atomic E-state index is 0.0681. The number of rotatable bonds is 8. The zero-order chi connectivity index (χ0) is 30.9. The van der Waals surface area contributed by atoms with Crippen molar-refractivity contribution in [3.8, 4) is 17.0 Å². The van der Waals surface area contributed by atoms with E-state index in [1.54, 1.807) is 24.3 Å². The SMILES string of the molecule is CCC1NC(C(=O)O)CC12CCN(c1cc(O[C@H](c3ccc(-c4ccc(C(N)=O)cc4)cc3)C(F)(F)F)nc(N)n1)CC2. The normalized spacial score (nSPS) is 20.6. The average Bonchev–Trinajstić information content (AvgIpc) is 3.33. The van der Waals surface area contributed by atoms with Crippen LogP contribution in [-0.2, 0) is 4.79 Å². The maximum atomic E-state index is 14.2. The van der Waals surface area contributed by atoms with Gasteiger partial charge in [-0.2, -0.15) is 23.1 Å². The number of nitrogens with zero attached hydrogens (tertiary/aromatic N) is 3. The Morgan fingerprint density at radius 1 is 1.09 bits per heavy atom. The van der Waals surface area contributed by atoms with Gasteiger partial charge in [0.25, 0.3) is 0 Å². The van der Waals surface area contributed by atoms with E-state index < -0.39 is 30.2 Å². The molecule has 2 aromatic carbocycles. The summed E-state index contributed by atoms with van der Waals surface area (Å²) in [5, 5.41) is 12.8. The molecule has 0 saturated carbocycles. The highest BCUT2D eigenvalue weighted by molar-refractivity contribution is 5.93. The second kappa shape index (κ2) is 11.7. The molecule has 2 aliphatic rings. The number of ether oxygens (including phenoxy) is 1. The number of alkyl halides is 3. The number of hydrogen-bond acceptors (Lipinski definition) is 8. The number of benzene rings is 2. The molecule has 2 saturated heterocycles. The molecule has 3 atom stereocenters. The van der Waals surface area contributed by atoms with Crippen molar-refractivity contribution in [3.63, 3.8) is 0 Å². The number of nitrogen functional groups attached to an aromatic ring is 1. The fourth-order valence-electron chi connectivity index (χ4n) is 6.25. The predicted octanol–water partition coefficient (Wildman–Crippen LogP) is 4.32. The van der Waals surface area contributed by atoms with Gasteiger partial charge in [-0.15, -0.1) is 0 Å². The Kier molecular flexibility index (Phi) is 8.19. The van der Waals surface area contributed by atoms with Crippen LogP contribution in [-0.4, -0.2) is 58.3 Å². The van der Waals surface area contributed by atoms with Crippen LogP contribution in [0.4, 0.5) is 24.9 Å². The number of carboxylic acids is 1. The number of amides is 1. The highest BCUT2D eigenvalue weighted by Crippen LogP contribution is 2.46. The molecule has 2 unspecified atom stereocenters. The fourth-order valence-corrected chi connectivity index (χ4v) is 6.25. The topological polar surface area (TPSA) is 157 Å². The third-order valence-corrected chi connectivity index (χ3v) is 8.50. The lowest BCUT2D eigenvalue weighted by atomic mass is 9.71. The van der Waals surface area contributed by atoms with E-state index in [2.05, 4.69) is 15.3 Å². The van der Waals surface area contributed by atoms with E-state index in [0.29, 0.717) is 54.9 Å². The second-order valence-electron chi connectivity index (χ2n) is 11.1. The van der Waals surface area contributed by atoms with Crippen molar-refractivity contribution in [2.75, 3.05) is 23.7 Å². The van der Waals surface area contributed by atoms with Crippen LogP contribution in [0.1, 0.15) is 54.6 Å². The molecule has 2 aliphatic heterocycles. The lowest BCUT2D eigenvalue weighted by molar-refractivity contribution is -0.198. The summed E-state index contributed by atoms with van der Waals surface area (Å²) in [7, 11) is 0. The van der Waals surface area contributed by atoms with E-state index in [-0.39, 0.29) is 28.8 Å². The molecule has 2 fully saturated rings. The number of carboxylic acid groups (broad SMARTS) is 1. The maximum absolute atomic E-state index is 14.2. The second-order valence-corrected chi connectivity index (χ2v) is 11.1. The lowest BCUT2D eigenvalue weighted by Crippen LogP contribution is -2.46. The molecule has 13 heteroatoms. The van der Waals surface area contributed by atoms with Gasteiger partial charge >= 0.3 is 12.1 Å². The van der Waals surface area contributed by atoms with Crippen molar-refractivity contribution in [1.82, 2.24) is 15.3 Å². The van der Waals surface area contributed by atoms with Crippen LogP contribution in [0.2, 0.25) is 0 Å². The van der Waals surface area contributed by atoms with Crippen LogP contribution in [0.5, 0.6) is 5.88 Å². The number of carbonyl (C=O) groups is 2. The molecule has 228 valence electrons. The number of anilines is 2. The van der Waals surface area contributed by atoms with E-state index in [0.717, 1.165) is 6.42 Å². The van der Waals surface area contributed by atoms with Crippen molar-refractivity contribution in [3.05, 3.63) is 65.7 Å². The Labute approximate surface area is 246 Å². The molecular formula is C30H33F3N6O4. The quantitative estimate of drug-likeness (QED) is 0.297. The Bertz CT molecular complexity index is 1470. The van der Waals surface area contributed by atoms with Gasteiger partial charge in [0.2, 0.25) is 23.8 Å². The molecule has 10 nitrogen and oxygen atoms in total. The summed E-state index contributed by atoms with van der Waals surface area (Å²) in [4.78, 5) is 33.0. The van der Waals surface area contributed by atoms with Crippen molar-refractivity contribution >= 4 is 23.6 Å². The van der Waals surface area contributed by atoms with Gasteiger partial charge in [0, 0.05) is 36.3 Å². The Balaban J connectivity index is 1.32. The molecule has 0 radical (unpaired) electrons. The van der Waals surface area contributed by atoms with Crippen molar-refractivity contribution in [2.45, 2.75) is 57.0 Å². The summed E-state index contributed by atoms with van der Waals surface area (Å²) in [5.74, 6) is -1.62. The Morgan fingerprint density at radius 2 is 1.70 bits per heavy atom. The van der Waals surface area contributed by atoms with E-state index in [4.69, 9.17) is 16.2 Å². The number of primary amides is 1. The Morgan fingerprint density at radius 3 is 2.23 bits per heavy atom. The van der Waals surface area contributed by atoms with Crippen LogP contribution in [0.15, 0.2) is 54.6 Å². The van der Waals surface area contributed by atoms with Crippen LogP contribution >= 0.6 is 0 Å². The number of nitrogens with one attached hydrogen (secondary N) is 1. The summed E-state index contributed by atoms with van der Waals surface area (Å²) >= 11 is 0. The number of hydrogen-bond donors (Lipinski definition) is 4. The van der Waals surface area contributed by atoms with Gasteiger partial charge in [-0.05, 0) is 54.4 Å². The summed E-state index contributed by atoms with van der Waals surface area (Å²) in [6, 6.07) is 13.0. The summed E-state index contributed by atoms with van der Waals surface area (Å²) in [6.45, 7) is 3.09. The van der Waals surface area contributed by atoms with Gasteiger partial charge in [0.05, 0.1) is 0 Å². The molecule has 0 bridgehead atoms. The first-order chi connectivity index (χ1) is 20.4. The number of aliphatic carboxylic acids is 1. The molecule has 3 aromatic rings. The standard InChI is InChI=1S/C30H33F3N6O4/c1-2-22-29(16-21(36-22)27(41)42)11-13-39(14-12-29)23-15-24(38-28(35)37-23)43-25(30(31,32)33)19-7-3-17(4-8-19)18-5-9-20(10-6-18)26(34)40/h3-10,15,21-22,25,36H,2,11-14,16H2,1H3,(H2,34,40)(H,41,42)(H2,35,37,38)/t21?,22?,25-/m1/s1. The molecule has 1 amide bonds. The van der Waals surface area contributed by atoms with Crippen molar-refractivity contribution in [2.24, 2.45) is 11.1 Å². The molecule has 1 spiro atoms. The first-order valence-corrected chi connectivity index (χ1v) is 14.0. The third-order valence-electron chi connectivity index (χ3n) is 8.50. The minimum Gasteiger partial charge on any atom is -0.480 e. The van der Waals surface area contributed by atoms with Gasteiger partial charge in [-0.3, -0.25) is 9.59 Å². The highest BCUT2D eigenvalue weighted by Gasteiger charge is 2.50. The largest absolute Gasteiger partial charge is 0.480 e. The summed E-state index contributed by atoms with van der Waals surface area (Å²) < 4.78 is 48.1. The average molecular weight is 599 g/mol. The number of carbonyl (C=O) groups excluding carboxylic acids is 1. The van der Waals surface area contributed by atoms with Crippen LogP contribution in [0, 0.1) is 5.41 Å². The number of aromatic nitrogens is 2.